The maximum Gasteiger partial charge on any atom is 0.328 e. The first-order valence-corrected chi connectivity index (χ1v) is 9.52. The Balaban J connectivity index is 1.69. The second-order valence-electron chi connectivity index (χ2n) is 7.05. The lowest BCUT2D eigenvalue weighted by molar-refractivity contribution is -0.150. The number of amides is 2. The summed E-state index contributed by atoms with van der Waals surface area (Å²) in [4.78, 5) is 37.6. The van der Waals surface area contributed by atoms with Crippen LogP contribution >= 0.6 is 0 Å². The van der Waals surface area contributed by atoms with Gasteiger partial charge in [-0.2, -0.15) is 0 Å². The number of methoxy groups -OCH3 is 1. The number of rotatable bonds is 6. The van der Waals surface area contributed by atoms with Crippen LogP contribution in [0.15, 0.2) is 48.5 Å². The SMILES string of the molecule is COC(=O)C1CC(Oc2ccccc2F)CN1C(=O)Cc1ccc(NC(C)=O)cc1. The molecule has 2 amide bonds. The van der Waals surface area contributed by atoms with Crippen molar-refractivity contribution in [3.63, 3.8) is 0 Å². The van der Waals surface area contributed by atoms with Gasteiger partial charge in [0.25, 0.3) is 0 Å². The van der Waals surface area contributed by atoms with Crippen LogP contribution < -0.4 is 10.1 Å². The van der Waals surface area contributed by atoms with Crippen LogP contribution in [0, 0.1) is 5.82 Å². The summed E-state index contributed by atoms with van der Waals surface area (Å²) in [5.74, 6) is -1.41. The molecule has 0 saturated carbocycles. The quantitative estimate of drug-likeness (QED) is 0.735. The van der Waals surface area contributed by atoms with Gasteiger partial charge in [0, 0.05) is 19.0 Å². The number of benzene rings is 2. The first-order chi connectivity index (χ1) is 14.4. The maximum atomic E-state index is 13.9. The predicted molar refractivity (Wildman–Crippen MR) is 107 cm³/mol. The van der Waals surface area contributed by atoms with Crippen LogP contribution in [0.3, 0.4) is 0 Å². The van der Waals surface area contributed by atoms with E-state index in [1.165, 1.54) is 31.1 Å². The summed E-state index contributed by atoms with van der Waals surface area (Å²) in [6, 6.07) is 12.1. The number of carbonyl (C=O) groups is 3. The predicted octanol–water partition coefficient (Wildman–Crippen LogP) is 2.55. The normalized spacial score (nSPS) is 18.0. The molecule has 2 aromatic carbocycles. The van der Waals surface area contributed by atoms with E-state index in [9.17, 15) is 18.8 Å². The number of hydrogen-bond donors (Lipinski definition) is 1. The third-order valence-corrected chi connectivity index (χ3v) is 4.82. The molecule has 3 rings (SSSR count). The monoisotopic (exact) mass is 414 g/mol. The summed E-state index contributed by atoms with van der Waals surface area (Å²) >= 11 is 0. The Labute approximate surface area is 173 Å². The average Bonchev–Trinajstić information content (AvgIpc) is 3.14. The van der Waals surface area contributed by atoms with Gasteiger partial charge >= 0.3 is 5.97 Å². The molecular weight excluding hydrogens is 391 g/mol. The van der Waals surface area contributed by atoms with Crippen LogP contribution in [0.1, 0.15) is 18.9 Å². The van der Waals surface area contributed by atoms with Gasteiger partial charge in [0.2, 0.25) is 11.8 Å². The van der Waals surface area contributed by atoms with Crippen molar-refractivity contribution < 1.29 is 28.2 Å². The Bertz CT molecular complexity index is 931. The third-order valence-electron chi connectivity index (χ3n) is 4.82. The largest absolute Gasteiger partial charge is 0.485 e. The van der Waals surface area contributed by atoms with Crippen molar-refractivity contribution in [1.29, 1.82) is 0 Å². The molecule has 1 fully saturated rings. The molecule has 0 radical (unpaired) electrons. The molecular formula is C22H23FN2O5. The molecule has 0 bridgehead atoms. The lowest BCUT2D eigenvalue weighted by Crippen LogP contribution is -2.42. The van der Waals surface area contributed by atoms with Gasteiger partial charge in [-0.05, 0) is 29.8 Å². The minimum absolute atomic E-state index is 0.0697. The summed E-state index contributed by atoms with van der Waals surface area (Å²) in [6.45, 7) is 1.56. The van der Waals surface area contributed by atoms with Gasteiger partial charge in [-0.25, -0.2) is 9.18 Å². The van der Waals surface area contributed by atoms with Gasteiger partial charge < -0.3 is 19.7 Å². The van der Waals surface area contributed by atoms with E-state index in [4.69, 9.17) is 9.47 Å². The molecule has 0 aliphatic carbocycles. The molecule has 0 aromatic heterocycles. The zero-order valence-electron chi connectivity index (χ0n) is 16.8. The highest BCUT2D eigenvalue weighted by Gasteiger charge is 2.41. The molecule has 30 heavy (non-hydrogen) atoms. The average molecular weight is 414 g/mol. The molecule has 2 unspecified atom stereocenters. The topological polar surface area (TPSA) is 84.9 Å². The van der Waals surface area contributed by atoms with Crippen molar-refractivity contribution in [2.24, 2.45) is 0 Å². The fraction of sp³-hybridized carbons (Fsp3) is 0.318. The Kier molecular flexibility index (Phi) is 6.66. The van der Waals surface area contributed by atoms with E-state index in [0.29, 0.717) is 5.69 Å². The Morgan fingerprint density at radius 2 is 1.83 bits per heavy atom. The second kappa shape index (κ2) is 9.39. The Morgan fingerprint density at radius 3 is 2.47 bits per heavy atom. The lowest BCUT2D eigenvalue weighted by Gasteiger charge is -2.22. The van der Waals surface area contributed by atoms with Crippen LogP contribution in [0.25, 0.3) is 0 Å². The molecule has 0 spiro atoms. The van der Waals surface area contributed by atoms with Crippen LogP contribution in [-0.4, -0.2) is 48.5 Å². The van der Waals surface area contributed by atoms with Crippen molar-refractivity contribution in [3.05, 3.63) is 59.9 Å². The maximum absolute atomic E-state index is 13.9. The minimum Gasteiger partial charge on any atom is -0.485 e. The molecule has 1 aliphatic heterocycles. The third kappa shape index (κ3) is 5.14. The Hall–Kier alpha value is -3.42. The second-order valence-corrected chi connectivity index (χ2v) is 7.05. The highest BCUT2D eigenvalue weighted by atomic mass is 19.1. The van der Waals surface area contributed by atoms with Crippen LogP contribution in [0.5, 0.6) is 5.75 Å². The van der Waals surface area contributed by atoms with Crippen molar-refractivity contribution in [1.82, 2.24) is 4.90 Å². The standard InChI is InChI=1S/C22H23FN2O5/c1-14(26)24-16-9-7-15(8-10-16)11-21(27)25-13-17(12-19(25)22(28)29-2)30-20-6-4-3-5-18(20)23/h3-10,17,19H,11-13H2,1-2H3,(H,24,26). The van der Waals surface area contributed by atoms with E-state index >= 15 is 0 Å². The van der Waals surface area contributed by atoms with Crippen molar-refractivity contribution in [3.8, 4) is 5.75 Å². The lowest BCUT2D eigenvalue weighted by atomic mass is 10.1. The highest BCUT2D eigenvalue weighted by molar-refractivity contribution is 5.89. The van der Waals surface area contributed by atoms with Crippen LogP contribution in [-0.2, 0) is 25.5 Å². The molecule has 2 atom stereocenters. The zero-order valence-corrected chi connectivity index (χ0v) is 16.8. The number of hydrogen-bond acceptors (Lipinski definition) is 5. The van der Waals surface area contributed by atoms with Gasteiger partial charge in [-0.15, -0.1) is 0 Å². The summed E-state index contributed by atoms with van der Waals surface area (Å²) in [5, 5.41) is 2.66. The van der Waals surface area contributed by atoms with E-state index < -0.39 is 23.9 Å². The summed E-state index contributed by atoms with van der Waals surface area (Å²) < 4.78 is 24.4. The summed E-state index contributed by atoms with van der Waals surface area (Å²) in [5.41, 5.74) is 1.36. The van der Waals surface area contributed by atoms with Gasteiger partial charge in [0.1, 0.15) is 12.1 Å². The molecule has 7 nitrogen and oxygen atoms in total. The van der Waals surface area contributed by atoms with Crippen molar-refractivity contribution in [2.75, 3.05) is 19.0 Å². The smallest absolute Gasteiger partial charge is 0.328 e. The van der Waals surface area contributed by atoms with E-state index in [0.717, 1.165) is 5.56 Å². The first-order valence-electron chi connectivity index (χ1n) is 9.52. The molecule has 2 aromatic rings. The van der Waals surface area contributed by atoms with Gasteiger partial charge in [0.15, 0.2) is 11.6 Å². The van der Waals surface area contributed by atoms with E-state index in [1.54, 1.807) is 36.4 Å². The number of anilines is 1. The highest BCUT2D eigenvalue weighted by Crippen LogP contribution is 2.26. The van der Waals surface area contributed by atoms with Crippen LogP contribution in [0.4, 0.5) is 10.1 Å². The number of ether oxygens (including phenoxy) is 2. The van der Waals surface area contributed by atoms with Gasteiger partial charge in [-0.1, -0.05) is 24.3 Å². The zero-order chi connectivity index (χ0) is 21.7. The number of nitrogens with one attached hydrogen (secondary N) is 1. The van der Waals surface area contributed by atoms with Crippen LogP contribution in [0.2, 0.25) is 0 Å². The molecule has 158 valence electrons. The fourth-order valence-corrected chi connectivity index (χ4v) is 3.42. The number of carbonyl (C=O) groups excluding carboxylic acids is 3. The molecule has 1 N–H and O–H groups in total. The first kappa shape index (κ1) is 21.3. The number of likely N-dealkylation sites (tertiary alicyclic amines) is 1. The summed E-state index contributed by atoms with van der Waals surface area (Å²) in [7, 11) is 1.26. The van der Waals surface area contributed by atoms with Crippen molar-refractivity contribution in [2.45, 2.75) is 31.9 Å². The van der Waals surface area contributed by atoms with E-state index in [1.807, 2.05) is 0 Å². The Morgan fingerprint density at radius 1 is 1.13 bits per heavy atom. The van der Waals surface area contributed by atoms with Crippen molar-refractivity contribution >= 4 is 23.5 Å². The van der Waals surface area contributed by atoms with E-state index in [2.05, 4.69) is 5.32 Å². The molecule has 1 aliphatic rings. The number of halogens is 1. The number of esters is 1. The molecule has 1 heterocycles. The van der Waals surface area contributed by atoms with E-state index in [-0.39, 0.29) is 37.0 Å². The number of nitrogens with zero attached hydrogens (tertiary/aromatic N) is 1. The summed E-state index contributed by atoms with van der Waals surface area (Å²) in [6.07, 6.45) is -0.244. The fourth-order valence-electron chi connectivity index (χ4n) is 3.42. The molecule has 1 saturated heterocycles. The van der Waals surface area contributed by atoms with Gasteiger partial charge in [0.05, 0.1) is 20.1 Å². The van der Waals surface area contributed by atoms with Gasteiger partial charge in [-0.3, -0.25) is 9.59 Å². The number of para-hydroxylation sites is 1. The minimum atomic E-state index is -0.794. The molecule has 8 heteroatoms.